The lowest BCUT2D eigenvalue weighted by Crippen LogP contribution is -2.31. The number of nitrogens with zero attached hydrogens (tertiary/aromatic N) is 1. The Kier molecular flexibility index (Phi) is 8.46. The molecule has 0 spiro atoms. The average Bonchev–Trinajstić information content (AvgIpc) is 2.76. The number of allylic oxidation sites excluding steroid dienone is 1. The lowest BCUT2D eigenvalue weighted by molar-refractivity contribution is -0.139. The summed E-state index contributed by atoms with van der Waals surface area (Å²) in [6.07, 6.45) is 0. The average molecular weight is 506 g/mol. The third-order valence-corrected chi connectivity index (χ3v) is 6.71. The van der Waals surface area contributed by atoms with E-state index in [1.54, 1.807) is 32.0 Å². The van der Waals surface area contributed by atoms with Crippen molar-refractivity contribution in [1.29, 1.82) is 0 Å². The molecule has 33 heavy (non-hydrogen) atoms. The van der Waals surface area contributed by atoms with Crippen molar-refractivity contribution in [3.8, 4) is 0 Å². The number of esters is 1. The van der Waals surface area contributed by atoms with Crippen LogP contribution in [-0.2, 0) is 14.3 Å². The van der Waals surface area contributed by atoms with Gasteiger partial charge in [-0.3, -0.25) is 4.79 Å². The Morgan fingerprint density at radius 2 is 1.94 bits per heavy atom. The second-order valence-electron chi connectivity index (χ2n) is 7.52. The van der Waals surface area contributed by atoms with E-state index in [2.05, 4.69) is 15.6 Å². The van der Waals surface area contributed by atoms with E-state index in [4.69, 9.17) is 27.9 Å². The van der Waals surface area contributed by atoms with Gasteiger partial charge in [-0.25, -0.2) is 9.79 Å². The summed E-state index contributed by atoms with van der Waals surface area (Å²) in [5.41, 5.74) is 4.42. The number of benzene rings is 2. The molecule has 1 aliphatic heterocycles. The molecule has 0 saturated heterocycles. The number of carbonyl (C=O) groups is 2. The minimum absolute atomic E-state index is 0.136. The van der Waals surface area contributed by atoms with E-state index in [0.29, 0.717) is 32.0 Å². The van der Waals surface area contributed by atoms with Crippen molar-refractivity contribution in [3.05, 3.63) is 74.4 Å². The maximum absolute atomic E-state index is 12.7. The fourth-order valence-electron chi connectivity index (χ4n) is 3.42. The molecular formula is C24H25Cl2N3O3S. The van der Waals surface area contributed by atoms with E-state index in [0.717, 1.165) is 16.8 Å². The van der Waals surface area contributed by atoms with Crippen molar-refractivity contribution >= 4 is 57.7 Å². The van der Waals surface area contributed by atoms with Crippen LogP contribution >= 0.6 is 35.0 Å². The van der Waals surface area contributed by atoms with Crippen molar-refractivity contribution < 1.29 is 14.3 Å². The summed E-state index contributed by atoms with van der Waals surface area (Å²) in [4.78, 5) is 29.9. The van der Waals surface area contributed by atoms with Gasteiger partial charge >= 0.3 is 5.97 Å². The molecule has 0 saturated carbocycles. The van der Waals surface area contributed by atoms with Crippen LogP contribution in [0, 0.1) is 13.8 Å². The lowest BCUT2D eigenvalue weighted by atomic mass is 9.96. The first-order valence-corrected chi connectivity index (χ1v) is 12.1. The molecule has 0 radical (unpaired) electrons. The fourth-order valence-corrected chi connectivity index (χ4v) is 4.58. The predicted molar refractivity (Wildman–Crippen MR) is 136 cm³/mol. The van der Waals surface area contributed by atoms with Crippen LogP contribution in [0.25, 0.3) is 0 Å². The zero-order valence-electron chi connectivity index (χ0n) is 18.8. The van der Waals surface area contributed by atoms with Crippen LogP contribution in [0.15, 0.2) is 52.7 Å². The molecule has 1 amide bonds. The number of aryl methyl sites for hydroxylation is 2. The van der Waals surface area contributed by atoms with Crippen molar-refractivity contribution in [2.24, 2.45) is 4.99 Å². The normalized spacial score (nSPS) is 15.6. The highest BCUT2D eigenvalue weighted by Crippen LogP contribution is 2.39. The smallest absolute Gasteiger partial charge is 0.338 e. The largest absolute Gasteiger partial charge is 0.463 e. The number of hydrogen-bond donors (Lipinski definition) is 2. The van der Waals surface area contributed by atoms with Gasteiger partial charge in [0.2, 0.25) is 5.91 Å². The third-order valence-electron chi connectivity index (χ3n) is 4.99. The van der Waals surface area contributed by atoms with Crippen LogP contribution in [0.2, 0.25) is 10.0 Å². The Morgan fingerprint density at radius 1 is 1.18 bits per heavy atom. The molecule has 9 heteroatoms. The topological polar surface area (TPSA) is 79.8 Å². The minimum atomic E-state index is -0.707. The van der Waals surface area contributed by atoms with Crippen molar-refractivity contribution in [2.75, 3.05) is 17.7 Å². The van der Waals surface area contributed by atoms with Crippen LogP contribution in [0.5, 0.6) is 0 Å². The Bertz CT molecular complexity index is 1150. The van der Waals surface area contributed by atoms with Gasteiger partial charge in [0.05, 0.1) is 28.0 Å². The Labute approximate surface area is 207 Å². The van der Waals surface area contributed by atoms with Gasteiger partial charge in [0, 0.05) is 16.9 Å². The molecule has 6 nitrogen and oxygen atoms in total. The van der Waals surface area contributed by atoms with Crippen LogP contribution in [-0.4, -0.2) is 29.4 Å². The maximum Gasteiger partial charge on any atom is 0.338 e. The summed E-state index contributed by atoms with van der Waals surface area (Å²) in [6.45, 7) is 7.69. The quantitative estimate of drug-likeness (QED) is 0.483. The molecule has 1 atom stereocenters. The molecule has 2 N–H and O–H groups in total. The molecule has 2 aromatic rings. The van der Waals surface area contributed by atoms with E-state index >= 15 is 0 Å². The highest BCUT2D eigenvalue weighted by atomic mass is 35.5. The number of thioether (sulfide) groups is 1. The van der Waals surface area contributed by atoms with E-state index in [1.165, 1.54) is 11.8 Å². The summed E-state index contributed by atoms with van der Waals surface area (Å²) in [7, 11) is 0. The summed E-state index contributed by atoms with van der Waals surface area (Å²) in [5.74, 6) is -0.507. The number of carbonyl (C=O) groups excluding carboxylic acids is 2. The number of rotatable bonds is 6. The summed E-state index contributed by atoms with van der Waals surface area (Å²) in [6, 6.07) is 10.3. The molecule has 2 aromatic carbocycles. The third kappa shape index (κ3) is 6.10. The van der Waals surface area contributed by atoms with Crippen LogP contribution in [0.3, 0.4) is 0 Å². The van der Waals surface area contributed by atoms with E-state index in [-0.39, 0.29) is 18.3 Å². The first-order valence-electron chi connectivity index (χ1n) is 10.4. The van der Waals surface area contributed by atoms with Gasteiger partial charge in [0.1, 0.15) is 6.04 Å². The Hall–Kier alpha value is -2.48. The molecule has 0 fully saturated rings. The number of amidine groups is 1. The standard InChI is InChI=1S/C24H25Cl2N3O3S/c1-5-32-23(31)20-15(4)27-24(29-22(20)16-7-6-8-17(25)21(16)26)33-12-19(30)28-18-10-9-13(2)11-14(18)3/h6-11,22H,5,12H2,1-4H3,(H,27,29)(H,28,30)/t22-/m1/s1. The number of halogens is 2. The maximum atomic E-state index is 12.7. The number of hydrogen-bond acceptors (Lipinski definition) is 6. The van der Waals surface area contributed by atoms with Crippen molar-refractivity contribution in [1.82, 2.24) is 5.32 Å². The first kappa shape index (κ1) is 25.1. The molecular weight excluding hydrogens is 481 g/mol. The number of nitrogens with one attached hydrogen (secondary N) is 2. The van der Waals surface area contributed by atoms with Gasteiger partial charge in [0.15, 0.2) is 5.17 Å². The number of anilines is 1. The van der Waals surface area contributed by atoms with Gasteiger partial charge in [-0.1, -0.05) is 64.8 Å². The van der Waals surface area contributed by atoms with Crippen LogP contribution in [0.1, 0.15) is 36.6 Å². The van der Waals surface area contributed by atoms with Crippen molar-refractivity contribution in [3.63, 3.8) is 0 Å². The first-order chi connectivity index (χ1) is 15.7. The molecule has 3 rings (SSSR count). The Balaban J connectivity index is 1.82. The highest BCUT2D eigenvalue weighted by Gasteiger charge is 2.32. The highest BCUT2D eigenvalue weighted by molar-refractivity contribution is 8.14. The molecule has 0 aromatic heterocycles. The zero-order valence-corrected chi connectivity index (χ0v) is 21.1. The molecule has 0 bridgehead atoms. The molecule has 0 unspecified atom stereocenters. The van der Waals surface area contributed by atoms with Gasteiger partial charge in [0.25, 0.3) is 0 Å². The summed E-state index contributed by atoms with van der Waals surface area (Å²) < 4.78 is 5.24. The van der Waals surface area contributed by atoms with Crippen molar-refractivity contribution in [2.45, 2.75) is 33.7 Å². The Morgan fingerprint density at radius 3 is 2.64 bits per heavy atom. The van der Waals surface area contributed by atoms with Gasteiger partial charge in [-0.2, -0.15) is 0 Å². The molecule has 174 valence electrons. The number of amides is 1. The molecule has 1 aliphatic rings. The number of ether oxygens (including phenoxy) is 1. The van der Waals surface area contributed by atoms with Crippen LogP contribution in [0.4, 0.5) is 5.69 Å². The lowest BCUT2D eigenvalue weighted by Gasteiger charge is -2.26. The van der Waals surface area contributed by atoms with Gasteiger partial charge < -0.3 is 15.4 Å². The van der Waals surface area contributed by atoms with E-state index in [1.807, 2.05) is 32.0 Å². The number of aliphatic imine (C=N–C) groups is 1. The van der Waals surface area contributed by atoms with Crippen LogP contribution < -0.4 is 10.6 Å². The summed E-state index contributed by atoms with van der Waals surface area (Å²) in [5, 5.41) is 7.22. The molecule has 1 heterocycles. The van der Waals surface area contributed by atoms with E-state index in [9.17, 15) is 9.59 Å². The monoisotopic (exact) mass is 505 g/mol. The zero-order chi connectivity index (χ0) is 24.1. The SMILES string of the molecule is CCOC(=O)C1=C(C)NC(SCC(=O)Nc2ccc(C)cc2C)=N[C@@H]1c1cccc(Cl)c1Cl. The summed E-state index contributed by atoms with van der Waals surface area (Å²) >= 11 is 13.9. The predicted octanol–water partition coefficient (Wildman–Crippen LogP) is 5.82. The van der Waals surface area contributed by atoms with Gasteiger partial charge in [-0.05, 0) is 45.4 Å². The minimum Gasteiger partial charge on any atom is -0.463 e. The second kappa shape index (κ2) is 11.1. The fraction of sp³-hybridized carbons (Fsp3) is 0.292. The molecule has 0 aliphatic carbocycles. The van der Waals surface area contributed by atoms with E-state index < -0.39 is 12.0 Å². The van der Waals surface area contributed by atoms with Gasteiger partial charge in [-0.15, -0.1) is 0 Å². The second-order valence-corrected chi connectivity index (χ2v) is 9.27.